The third-order valence-corrected chi connectivity index (χ3v) is 4.28. The Hall–Kier alpha value is -2.21. The summed E-state index contributed by atoms with van der Waals surface area (Å²) in [6.45, 7) is 0.338. The monoisotopic (exact) mass is 409 g/mol. The number of anilines is 1. The van der Waals surface area contributed by atoms with Crippen molar-refractivity contribution in [3.8, 4) is 5.75 Å². The molecule has 0 aliphatic rings. The molecule has 134 valence electrons. The van der Waals surface area contributed by atoms with E-state index in [0.29, 0.717) is 33.2 Å². The molecule has 26 heavy (non-hydrogen) atoms. The Bertz CT molecular complexity index is 910. The second-order valence-corrected chi connectivity index (χ2v) is 6.71. The first-order valence-electron chi connectivity index (χ1n) is 7.65. The molecule has 0 saturated carbocycles. The molecule has 1 heterocycles. The number of hydrogen-bond donors (Lipinski definition) is 1. The van der Waals surface area contributed by atoms with Crippen molar-refractivity contribution in [1.29, 1.82) is 0 Å². The number of nitrogens with zero attached hydrogens (tertiary/aromatic N) is 2. The van der Waals surface area contributed by atoms with Gasteiger partial charge in [0, 0.05) is 27.3 Å². The van der Waals surface area contributed by atoms with E-state index in [1.807, 2.05) is 6.07 Å². The Morgan fingerprint density at radius 1 is 1.04 bits per heavy atom. The van der Waals surface area contributed by atoms with Crippen LogP contribution < -0.4 is 10.1 Å². The summed E-state index contributed by atoms with van der Waals surface area (Å²) in [5.74, 6) is 0.682. The minimum atomic E-state index is -0.310. The number of rotatable bonds is 6. The van der Waals surface area contributed by atoms with E-state index in [1.165, 1.54) is 0 Å². The van der Waals surface area contributed by atoms with Crippen LogP contribution in [0.15, 0.2) is 54.7 Å². The molecule has 0 atom stereocenters. The summed E-state index contributed by atoms with van der Waals surface area (Å²) in [6.07, 6.45) is 1.75. The van der Waals surface area contributed by atoms with E-state index in [4.69, 9.17) is 39.5 Å². The summed E-state index contributed by atoms with van der Waals surface area (Å²) in [4.78, 5) is 12.0. The van der Waals surface area contributed by atoms with Gasteiger partial charge in [0.15, 0.2) is 12.4 Å². The average Bonchev–Trinajstić information content (AvgIpc) is 3.04. The summed E-state index contributed by atoms with van der Waals surface area (Å²) in [5, 5.41) is 8.72. The van der Waals surface area contributed by atoms with Gasteiger partial charge in [-0.3, -0.25) is 9.48 Å². The molecular formula is C18H14Cl3N3O2. The fraction of sp³-hybridized carbons (Fsp3) is 0.111. The van der Waals surface area contributed by atoms with Crippen LogP contribution in [0.3, 0.4) is 0 Å². The standard InChI is InChI=1S/C18H14Cl3N3O2/c19-13-3-5-15(6-4-13)26-11-18(25)22-17-7-8-24(23-17)10-12-1-2-14(20)9-16(12)21/h1-9H,10-11H2,(H,22,23,25). The van der Waals surface area contributed by atoms with Gasteiger partial charge in [-0.25, -0.2) is 0 Å². The molecule has 0 spiro atoms. The molecule has 0 bridgehead atoms. The lowest BCUT2D eigenvalue weighted by atomic mass is 10.2. The molecule has 0 aliphatic carbocycles. The van der Waals surface area contributed by atoms with Gasteiger partial charge in [0.25, 0.3) is 5.91 Å². The van der Waals surface area contributed by atoms with E-state index < -0.39 is 0 Å². The number of ether oxygens (including phenoxy) is 1. The highest BCUT2D eigenvalue weighted by atomic mass is 35.5. The number of halogens is 3. The normalized spacial score (nSPS) is 10.6. The van der Waals surface area contributed by atoms with E-state index >= 15 is 0 Å². The van der Waals surface area contributed by atoms with Crippen LogP contribution in [0.5, 0.6) is 5.75 Å². The van der Waals surface area contributed by atoms with Crippen molar-refractivity contribution < 1.29 is 9.53 Å². The maximum absolute atomic E-state index is 12.0. The van der Waals surface area contributed by atoms with E-state index in [0.717, 1.165) is 5.56 Å². The van der Waals surface area contributed by atoms with Gasteiger partial charge in [-0.1, -0.05) is 40.9 Å². The minimum Gasteiger partial charge on any atom is -0.484 e. The Kier molecular flexibility index (Phi) is 6.04. The summed E-state index contributed by atoms with van der Waals surface area (Å²) < 4.78 is 7.06. The quantitative estimate of drug-likeness (QED) is 0.628. The second-order valence-electron chi connectivity index (χ2n) is 5.43. The molecule has 3 aromatic rings. The third kappa shape index (κ3) is 5.14. The zero-order chi connectivity index (χ0) is 18.5. The van der Waals surface area contributed by atoms with Crippen LogP contribution in [0.25, 0.3) is 0 Å². The van der Waals surface area contributed by atoms with Crippen molar-refractivity contribution in [3.05, 3.63) is 75.4 Å². The molecule has 8 heteroatoms. The Balaban J connectivity index is 1.54. The van der Waals surface area contributed by atoms with Crippen molar-refractivity contribution in [2.75, 3.05) is 11.9 Å². The fourth-order valence-corrected chi connectivity index (χ4v) is 2.79. The molecule has 0 unspecified atom stereocenters. The predicted octanol–water partition coefficient (Wildman–Crippen LogP) is 4.91. The molecule has 0 fully saturated rings. The molecule has 0 saturated heterocycles. The predicted molar refractivity (Wildman–Crippen MR) is 103 cm³/mol. The molecule has 1 aromatic heterocycles. The number of nitrogens with one attached hydrogen (secondary N) is 1. The fourth-order valence-electron chi connectivity index (χ4n) is 2.20. The zero-order valence-electron chi connectivity index (χ0n) is 13.5. The summed E-state index contributed by atoms with van der Waals surface area (Å²) in [7, 11) is 0. The van der Waals surface area contributed by atoms with Crippen molar-refractivity contribution >= 4 is 46.5 Å². The van der Waals surface area contributed by atoms with Gasteiger partial charge in [-0.2, -0.15) is 5.10 Å². The van der Waals surface area contributed by atoms with E-state index in [2.05, 4.69) is 10.4 Å². The summed E-state index contributed by atoms with van der Waals surface area (Å²) in [6, 6.07) is 13.8. The number of carbonyl (C=O) groups is 1. The van der Waals surface area contributed by atoms with Gasteiger partial charge in [-0.05, 0) is 42.0 Å². The first-order chi connectivity index (χ1) is 12.5. The summed E-state index contributed by atoms with van der Waals surface area (Å²) in [5.41, 5.74) is 0.878. The van der Waals surface area contributed by atoms with Crippen LogP contribution in [0.4, 0.5) is 5.82 Å². The van der Waals surface area contributed by atoms with Gasteiger partial charge in [0.1, 0.15) is 5.75 Å². The molecule has 5 nitrogen and oxygen atoms in total. The van der Waals surface area contributed by atoms with Gasteiger partial charge in [0.05, 0.1) is 6.54 Å². The number of hydrogen-bond acceptors (Lipinski definition) is 3. The van der Waals surface area contributed by atoms with Gasteiger partial charge < -0.3 is 10.1 Å². The van der Waals surface area contributed by atoms with Gasteiger partial charge >= 0.3 is 0 Å². The van der Waals surface area contributed by atoms with Gasteiger partial charge in [-0.15, -0.1) is 0 Å². The Morgan fingerprint density at radius 2 is 1.77 bits per heavy atom. The zero-order valence-corrected chi connectivity index (χ0v) is 15.7. The lowest BCUT2D eigenvalue weighted by Gasteiger charge is -2.06. The highest BCUT2D eigenvalue weighted by molar-refractivity contribution is 6.35. The Labute approximate surface area is 165 Å². The minimum absolute atomic E-state index is 0.127. The number of amides is 1. The van der Waals surface area contributed by atoms with Crippen LogP contribution >= 0.6 is 34.8 Å². The van der Waals surface area contributed by atoms with Gasteiger partial charge in [0.2, 0.25) is 0 Å². The number of aromatic nitrogens is 2. The lowest BCUT2D eigenvalue weighted by molar-refractivity contribution is -0.118. The first-order valence-corrected chi connectivity index (χ1v) is 8.78. The van der Waals surface area contributed by atoms with Crippen LogP contribution in [0.1, 0.15) is 5.56 Å². The van der Waals surface area contributed by atoms with Crippen LogP contribution in [-0.2, 0) is 11.3 Å². The average molecular weight is 411 g/mol. The van der Waals surface area contributed by atoms with Crippen molar-refractivity contribution in [2.24, 2.45) is 0 Å². The van der Waals surface area contributed by atoms with Crippen LogP contribution in [0.2, 0.25) is 15.1 Å². The molecule has 2 aromatic carbocycles. The van der Waals surface area contributed by atoms with Crippen LogP contribution in [-0.4, -0.2) is 22.3 Å². The first kappa shape index (κ1) is 18.6. The third-order valence-electron chi connectivity index (χ3n) is 3.44. The van der Waals surface area contributed by atoms with Crippen molar-refractivity contribution in [2.45, 2.75) is 6.54 Å². The lowest BCUT2D eigenvalue weighted by Crippen LogP contribution is -2.20. The van der Waals surface area contributed by atoms with E-state index in [1.54, 1.807) is 53.3 Å². The highest BCUT2D eigenvalue weighted by Gasteiger charge is 2.08. The molecule has 0 aliphatic heterocycles. The largest absolute Gasteiger partial charge is 0.484 e. The molecule has 1 amide bonds. The smallest absolute Gasteiger partial charge is 0.263 e. The molecule has 1 N–H and O–H groups in total. The van der Waals surface area contributed by atoms with Crippen molar-refractivity contribution in [1.82, 2.24) is 9.78 Å². The van der Waals surface area contributed by atoms with E-state index in [-0.39, 0.29) is 12.5 Å². The maximum atomic E-state index is 12.0. The topological polar surface area (TPSA) is 56.1 Å². The number of carbonyl (C=O) groups excluding carboxylic acids is 1. The molecule has 0 radical (unpaired) electrons. The van der Waals surface area contributed by atoms with Crippen molar-refractivity contribution in [3.63, 3.8) is 0 Å². The Morgan fingerprint density at radius 3 is 2.50 bits per heavy atom. The SMILES string of the molecule is O=C(COc1ccc(Cl)cc1)Nc1ccn(Cc2ccc(Cl)cc2Cl)n1. The maximum Gasteiger partial charge on any atom is 0.263 e. The highest BCUT2D eigenvalue weighted by Crippen LogP contribution is 2.22. The summed E-state index contributed by atoms with van der Waals surface area (Å²) >= 11 is 17.8. The van der Waals surface area contributed by atoms with E-state index in [9.17, 15) is 4.79 Å². The molecule has 3 rings (SSSR count). The molecular weight excluding hydrogens is 397 g/mol. The second kappa shape index (κ2) is 8.45. The van der Waals surface area contributed by atoms with Crippen LogP contribution in [0, 0.1) is 0 Å². The number of benzene rings is 2.